The summed E-state index contributed by atoms with van der Waals surface area (Å²) in [5.74, 6) is -0.685. The van der Waals surface area contributed by atoms with E-state index in [2.05, 4.69) is 10.1 Å². The molecule has 2 aliphatic rings. The van der Waals surface area contributed by atoms with Crippen molar-refractivity contribution in [2.75, 3.05) is 38.0 Å². The van der Waals surface area contributed by atoms with E-state index in [0.717, 1.165) is 28.8 Å². The number of carbonyl (C=O) groups is 3. The van der Waals surface area contributed by atoms with Crippen LogP contribution in [0.1, 0.15) is 55.2 Å². The minimum absolute atomic E-state index is 0. The average Bonchev–Trinajstić information content (AvgIpc) is 3.74. The maximum atomic E-state index is 12.2. The van der Waals surface area contributed by atoms with Crippen molar-refractivity contribution in [3.63, 3.8) is 0 Å². The number of carbonyl (C=O) groups excluding carboxylic acids is 3. The van der Waals surface area contributed by atoms with E-state index >= 15 is 0 Å². The number of aliphatic imine (C=N–C) groups is 1. The lowest BCUT2D eigenvalue weighted by Gasteiger charge is -2.11. The summed E-state index contributed by atoms with van der Waals surface area (Å²) >= 11 is 0. The third-order valence-electron chi connectivity index (χ3n) is 9.04. The standard InChI is InChI=1S/C18H16N2O2.C9H5NO3.C9H7NO2.C9H11NO.CH4/c1-20(2)13-9-7-12(8-10-13)11-19-16-17(21)14-5-3-4-6-15(14)18(16)22;11-8-5-3-1-2-4-6(5)9(12)7(8)10-13;10-7-8(11)5-3-1-2-4-6(5)9(7)12;1-10(2)9-5-3-8(7-11)4-6-9;/h3-11,21H,1-2H3;1-4,13H;1-4H,(H3,10,11,12);3-7H,1-2H3;1H4. The van der Waals surface area contributed by atoms with E-state index in [-0.39, 0.29) is 41.9 Å². The number of nitrogens with two attached hydrogens (primary N) is 1. The number of fused-ring (bicyclic) bond motifs is 3. The van der Waals surface area contributed by atoms with Crippen molar-refractivity contribution in [1.29, 1.82) is 0 Å². The van der Waals surface area contributed by atoms with Crippen LogP contribution in [0.25, 0.3) is 22.3 Å². The predicted molar refractivity (Wildman–Crippen MR) is 232 cm³/mol. The van der Waals surface area contributed by atoms with E-state index in [1.807, 2.05) is 86.5 Å². The highest BCUT2D eigenvalue weighted by Crippen LogP contribution is 2.31. The van der Waals surface area contributed by atoms with Crippen LogP contribution in [0.3, 0.4) is 0 Å². The van der Waals surface area contributed by atoms with Crippen LogP contribution < -0.4 is 31.7 Å². The fourth-order valence-corrected chi connectivity index (χ4v) is 5.83. The van der Waals surface area contributed by atoms with Crippen molar-refractivity contribution >= 4 is 57.7 Å². The number of hydrogen-bond donors (Lipinski definition) is 4. The van der Waals surface area contributed by atoms with Gasteiger partial charge in [-0.05, 0) is 42.0 Å². The minimum Gasteiger partial charge on any atom is -0.505 e. The van der Waals surface area contributed by atoms with Gasteiger partial charge in [0.2, 0.25) is 22.4 Å². The predicted octanol–water partition coefficient (Wildman–Crippen LogP) is 6.29. The van der Waals surface area contributed by atoms with E-state index < -0.39 is 16.2 Å². The van der Waals surface area contributed by atoms with Gasteiger partial charge in [0.1, 0.15) is 17.7 Å². The third-order valence-corrected chi connectivity index (χ3v) is 9.04. The Morgan fingerprint density at radius 2 is 0.966 bits per heavy atom. The van der Waals surface area contributed by atoms with Crippen molar-refractivity contribution in [1.82, 2.24) is 0 Å². The first-order valence-electron chi connectivity index (χ1n) is 17.6. The molecule has 13 nitrogen and oxygen atoms in total. The second-order valence-corrected chi connectivity index (χ2v) is 13.2. The molecule has 0 atom stereocenters. The molecule has 0 aromatic heterocycles. The monoisotopic (exact) mass is 793 g/mol. The Kier molecular flexibility index (Phi) is 14.3. The zero-order chi connectivity index (χ0) is 42.1. The van der Waals surface area contributed by atoms with E-state index in [1.54, 1.807) is 66.9 Å². The van der Waals surface area contributed by atoms with E-state index in [0.29, 0.717) is 33.0 Å². The lowest BCUT2D eigenvalue weighted by atomic mass is 10.1. The number of anilines is 2. The molecule has 0 spiro atoms. The van der Waals surface area contributed by atoms with Crippen LogP contribution in [0.2, 0.25) is 0 Å². The van der Waals surface area contributed by atoms with Crippen LogP contribution in [0.4, 0.5) is 11.4 Å². The van der Waals surface area contributed by atoms with Gasteiger partial charge in [-0.3, -0.25) is 24.0 Å². The summed E-state index contributed by atoms with van der Waals surface area (Å²) in [7, 11) is 7.88. The van der Waals surface area contributed by atoms with Crippen molar-refractivity contribution in [2.24, 2.45) is 15.9 Å². The van der Waals surface area contributed by atoms with Crippen molar-refractivity contribution in [3.05, 3.63) is 192 Å². The summed E-state index contributed by atoms with van der Waals surface area (Å²) < 4.78 is 0. The Labute approximate surface area is 340 Å². The molecule has 0 heterocycles. The van der Waals surface area contributed by atoms with E-state index in [4.69, 9.17) is 10.9 Å². The molecule has 0 fully saturated rings. The summed E-state index contributed by atoms with van der Waals surface area (Å²) in [6.07, 6.45) is 2.44. The first-order chi connectivity index (χ1) is 27.8. The van der Waals surface area contributed by atoms with Gasteiger partial charge in [0.05, 0.1) is 0 Å². The molecule has 0 bridgehead atoms. The third kappa shape index (κ3) is 9.55. The molecular formula is C46H43N5O8. The zero-order valence-electron chi connectivity index (χ0n) is 32.0. The molecule has 0 amide bonds. The molecule has 5 N–H and O–H groups in total. The number of rotatable bonds is 5. The van der Waals surface area contributed by atoms with Gasteiger partial charge in [-0.1, -0.05) is 97.5 Å². The second kappa shape index (κ2) is 19.3. The molecule has 59 heavy (non-hydrogen) atoms. The van der Waals surface area contributed by atoms with Gasteiger partial charge in [0.15, 0.2) is 16.8 Å². The number of nitrogens with zero attached hydrogens (tertiary/aromatic N) is 4. The van der Waals surface area contributed by atoms with Gasteiger partial charge in [0, 0.05) is 84.4 Å². The summed E-state index contributed by atoms with van der Waals surface area (Å²) in [5.41, 5.74) is 10.2. The molecule has 0 radical (unpaired) electrons. The number of allylic oxidation sites excluding steroid dienone is 2. The SMILES string of the molecule is C.CN(C)c1ccc(C=NC2=C(O)c3ccccc3C2=O)cc1.CN(C)c1ccc(C=O)cc1.NC1=C(O)c2ccccc2C1=O.O=c1c(=NO)c(=O)c2ccccc12. The Hall–Kier alpha value is -7.93. The zero-order valence-corrected chi connectivity index (χ0v) is 32.0. The van der Waals surface area contributed by atoms with Crippen LogP contribution >= 0.6 is 0 Å². The van der Waals surface area contributed by atoms with Crippen LogP contribution in [0, 0.1) is 0 Å². The van der Waals surface area contributed by atoms with Crippen LogP contribution in [-0.4, -0.2) is 67.7 Å². The lowest BCUT2D eigenvalue weighted by molar-refractivity contribution is 0.102. The summed E-state index contributed by atoms with van der Waals surface area (Å²) in [4.78, 5) is 64.6. The summed E-state index contributed by atoms with van der Waals surface area (Å²) in [6, 6.07) is 35.4. The number of aliphatic hydroxyl groups excluding tert-OH is 2. The highest BCUT2D eigenvalue weighted by Gasteiger charge is 2.29. The molecule has 13 heteroatoms. The summed E-state index contributed by atoms with van der Waals surface area (Å²) in [6.45, 7) is 0. The fourth-order valence-electron chi connectivity index (χ4n) is 5.83. The van der Waals surface area contributed by atoms with Crippen LogP contribution in [-0.2, 0) is 0 Å². The highest BCUT2D eigenvalue weighted by atomic mass is 16.4. The molecule has 0 saturated carbocycles. The molecule has 0 aliphatic heterocycles. The topological polar surface area (TPSA) is 203 Å². The molecule has 300 valence electrons. The van der Waals surface area contributed by atoms with Gasteiger partial charge in [-0.25, -0.2) is 4.99 Å². The van der Waals surface area contributed by atoms with Gasteiger partial charge >= 0.3 is 0 Å². The molecular weight excluding hydrogens is 751 g/mol. The maximum Gasteiger partial charge on any atom is 0.219 e. The van der Waals surface area contributed by atoms with E-state index in [1.165, 1.54) is 12.1 Å². The normalized spacial score (nSPS) is 12.3. The number of benzene rings is 5. The van der Waals surface area contributed by atoms with Crippen LogP contribution in [0.15, 0.2) is 152 Å². The highest BCUT2D eigenvalue weighted by molar-refractivity contribution is 6.20. The molecule has 8 rings (SSSR count). The van der Waals surface area contributed by atoms with Gasteiger partial charge in [0.25, 0.3) is 0 Å². The first kappa shape index (κ1) is 43.8. The average molecular weight is 794 g/mol. The van der Waals surface area contributed by atoms with Gasteiger partial charge < -0.3 is 31.0 Å². The Morgan fingerprint density at radius 3 is 1.37 bits per heavy atom. The second-order valence-electron chi connectivity index (χ2n) is 13.2. The quantitative estimate of drug-likeness (QED) is 0.0661. The molecule has 0 unspecified atom stereocenters. The smallest absolute Gasteiger partial charge is 0.219 e. The number of Topliss-reactive ketones (excluding diaryl/α,β-unsaturated/α-hetero) is 2. The Morgan fingerprint density at radius 1 is 0.559 bits per heavy atom. The molecule has 2 aliphatic carbocycles. The minimum atomic E-state index is -0.511. The molecule has 6 aromatic carbocycles. The maximum absolute atomic E-state index is 12.2. The molecule has 6 aromatic rings. The van der Waals surface area contributed by atoms with Crippen molar-refractivity contribution in [3.8, 4) is 0 Å². The van der Waals surface area contributed by atoms with Gasteiger partial charge in [-0.15, -0.1) is 0 Å². The Bertz CT molecular complexity index is 2710. The fraction of sp³-hybridized carbons (Fsp3) is 0.109. The summed E-state index contributed by atoms with van der Waals surface area (Å²) in [5, 5.41) is 30.8. The van der Waals surface area contributed by atoms with Crippen molar-refractivity contribution in [2.45, 2.75) is 7.43 Å². The Balaban J connectivity index is 0.000000181. The number of aliphatic hydroxyl groups is 2. The van der Waals surface area contributed by atoms with E-state index in [9.17, 15) is 34.2 Å². The van der Waals surface area contributed by atoms with Crippen LogP contribution in [0.5, 0.6) is 0 Å². The largest absolute Gasteiger partial charge is 0.505 e. The number of aldehydes is 1. The number of hydrogen-bond acceptors (Lipinski definition) is 13. The first-order valence-corrected chi connectivity index (χ1v) is 17.6. The number of ketones is 2. The van der Waals surface area contributed by atoms with Gasteiger partial charge in [-0.2, -0.15) is 0 Å². The lowest BCUT2D eigenvalue weighted by Crippen LogP contribution is -2.31. The molecule has 0 saturated heterocycles. The van der Waals surface area contributed by atoms with Crippen molar-refractivity contribution < 1.29 is 29.8 Å².